The standard InChI is InChI=1S/C31H46O2/c1-27(2,3)21-11-13-23-24-14-12-22(28(4,5)6)20-26(24)31(25(23)19-21,29(7,8)15-17-32)30(9,10)16-18-33/h11-14,19-20,32-33H,15-18H2,1-10H3. The van der Waals surface area contributed by atoms with Gasteiger partial charge >= 0.3 is 0 Å². The van der Waals surface area contributed by atoms with Gasteiger partial charge in [-0.2, -0.15) is 0 Å². The van der Waals surface area contributed by atoms with Gasteiger partial charge in [0, 0.05) is 18.6 Å². The molecule has 182 valence electrons. The summed E-state index contributed by atoms with van der Waals surface area (Å²) < 4.78 is 0. The Labute approximate surface area is 202 Å². The zero-order valence-corrected chi connectivity index (χ0v) is 22.7. The molecule has 0 amide bonds. The van der Waals surface area contributed by atoms with Crippen molar-refractivity contribution in [3.05, 3.63) is 58.7 Å². The average molecular weight is 451 g/mol. The lowest BCUT2D eigenvalue weighted by Crippen LogP contribution is -2.53. The highest BCUT2D eigenvalue weighted by atomic mass is 16.3. The fourth-order valence-corrected chi connectivity index (χ4v) is 6.57. The number of fused-ring (bicyclic) bond motifs is 3. The van der Waals surface area contributed by atoms with Crippen LogP contribution in [0.1, 0.15) is 104 Å². The molecule has 1 aliphatic rings. The molecule has 3 rings (SSSR count). The highest BCUT2D eigenvalue weighted by Crippen LogP contribution is 2.67. The van der Waals surface area contributed by atoms with Gasteiger partial charge in [-0.25, -0.2) is 0 Å². The second kappa shape index (κ2) is 8.24. The molecule has 0 heterocycles. The van der Waals surface area contributed by atoms with Gasteiger partial charge in [-0.05, 0) is 67.9 Å². The SMILES string of the molecule is CC(C)(C)c1ccc2c(c1)C(C(C)(C)CCO)(C(C)(C)CCO)c1cc(C(C)(C)C)ccc1-2. The third-order valence-electron chi connectivity index (χ3n) is 8.37. The van der Waals surface area contributed by atoms with Gasteiger partial charge in [0.15, 0.2) is 0 Å². The van der Waals surface area contributed by atoms with Crippen LogP contribution in [0.4, 0.5) is 0 Å². The van der Waals surface area contributed by atoms with Crippen LogP contribution in [0.15, 0.2) is 36.4 Å². The van der Waals surface area contributed by atoms with Gasteiger partial charge in [-0.1, -0.05) is 106 Å². The van der Waals surface area contributed by atoms with Gasteiger partial charge < -0.3 is 10.2 Å². The van der Waals surface area contributed by atoms with Crippen molar-refractivity contribution in [3.63, 3.8) is 0 Å². The van der Waals surface area contributed by atoms with Gasteiger partial charge in [-0.3, -0.25) is 0 Å². The summed E-state index contributed by atoms with van der Waals surface area (Å²) in [6.45, 7) is 23.2. The van der Waals surface area contributed by atoms with E-state index in [-0.39, 0.29) is 40.3 Å². The Morgan fingerprint density at radius 1 is 0.576 bits per heavy atom. The molecular weight excluding hydrogens is 404 g/mol. The molecular formula is C31H46O2. The minimum absolute atomic E-state index is 0.0361. The molecule has 33 heavy (non-hydrogen) atoms. The van der Waals surface area contributed by atoms with Crippen LogP contribution in [-0.2, 0) is 16.2 Å². The van der Waals surface area contributed by atoms with E-state index in [9.17, 15) is 10.2 Å². The molecule has 0 radical (unpaired) electrons. The summed E-state index contributed by atoms with van der Waals surface area (Å²) in [5.74, 6) is 0. The lowest BCUT2D eigenvalue weighted by Gasteiger charge is -2.56. The summed E-state index contributed by atoms with van der Waals surface area (Å²) in [5, 5.41) is 20.4. The predicted octanol–water partition coefficient (Wildman–Crippen LogP) is 7.37. The van der Waals surface area contributed by atoms with Crippen molar-refractivity contribution < 1.29 is 10.2 Å². The summed E-state index contributed by atoms with van der Waals surface area (Å²) in [6.07, 6.45) is 1.39. The van der Waals surface area contributed by atoms with E-state index in [1.165, 1.54) is 33.4 Å². The van der Waals surface area contributed by atoms with E-state index >= 15 is 0 Å². The number of hydrogen-bond acceptors (Lipinski definition) is 2. The van der Waals surface area contributed by atoms with Gasteiger partial charge in [-0.15, -0.1) is 0 Å². The molecule has 0 saturated carbocycles. The molecule has 0 aromatic heterocycles. The van der Waals surface area contributed by atoms with Crippen LogP contribution in [0.3, 0.4) is 0 Å². The maximum absolute atomic E-state index is 10.2. The summed E-state index contributed by atoms with van der Waals surface area (Å²) in [7, 11) is 0. The Balaban J connectivity index is 2.54. The molecule has 2 heteroatoms. The van der Waals surface area contributed by atoms with E-state index < -0.39 is 0 Å². The van der Waals surface area contributed by atoms with E-state index in [1.54, 1.807) is 0 Å². The molecule has 0 spiro atoms. The van der Waals surface area contributed by atoms with Gasteiger partial charge in [0.25, 0.3) is 0 Å². The van der Waals surface area contributed by atoms with Gasteiger partial charge in [0.1, 0.15) is 0 Å². The van der Waals surface area contributed by atoms with Crippen LogP contribution in [0.5, 0.6) is 0 Å². The monoisotopic (exact) mass is 450 g/mol. The summed E-state index contributed by atoms with van der Waals surface area (Å²) >= 11 is 0. The van der Waals surface area contributed by atoms with E-state index in [0.717, 1.165) is 0 Å². The molecule has 2 aromatic carbocycles. The van der Waals surface area contributed by atoms with Crippen molar-refractivity contribution in [1.82, 2.24) is 0 Å². The fourth-order valence-electron chi connectivity index (χ4n) is 6.57. The smallest absolute Gasteiger partial charge is 0.0436 e. The Morgan fingerprint density at radius 2 is 0.909 bits per heavy atom. The summed E-state index contributed by atoms with van der Waals surface area (Å²) in [5.41, 5.74) is 7.23. The van der Waals surface area contributed by atoms with Crippen molar-refractivity contribution in [2.45, 2.75) is 98.3 Å². The molecule has 0 unspecified atom stereocenters. The lowest BCUT2D eigenvalue weighted by molar-refractivity contribution is 0.0263. The number of benzene rings is 2. The zero-order chi connectivity index (χ0) is 25.0. The molecule has 0 saturated heterocycles. The first-order valence-corrected chi connectivity index (χ1v) is 12.6. The molecule has 2 nitrogen and oxygen atoms in total. The van der Waals surface area contributed by atoms with Crippen LogP contribution >= 0.6 is 0 Å². The first-order valence-electron chi connectivity index (χ1n) is 12.6. The Morgan fingerprint density at radius 3 is 1.18 bits per heavy atom. The molecule has 0 aliphatic heterocycles. The minimum atomic E-state index is -0.349. The van der Waals surface area contributed by atoms with Crippen molar-refractivity contribution >= 4 is 0 Å². The van der Waals surface area contributed by atoms with Crippen molar-refractivity contribution in [1.29, 1.82) is 0 Å². The van der Waals surface area contributed by atoms with Crippen molar-refractivity contribution in [2.24, 2.45) is 10.8 Å². The molecule has 2 aromatic rings. The topological polar surface area (TPSA) is 40.5 Å². The quantitative estimate of drug-likeness (QED) is 0.482. The normalized spacial score (nSPS) is 16.0. The Hall–Kier alpha value is -1.64. The van der Waals surface area contributed by atoms with E-state index in [2.05, 4.69) is 106 Å². The number of hydrogen-bond donors (Lipinski definition) is 2. The Bertz CT molecular complexity index is 929. The maximum atomic E-state index is 10.2. The number of rotatable bonds is 6. The van der Waals surface area contributed by atoms with Crippen LogP contribution in [0.2, 0.25) is 0 Å². The Kier molecular flexibility index (Phi) is 6.48. The number of aliphatic hydroxyl groups is 2. The van der Waals surface area contributed by atoms with E-state index in [0.29, 0.717) is 12.8 Å². The zero-order valence-electron chi connectivity index (χ0n) is 22.7. The van der Waals surface area contributed by atoms with Crippen molar-refractivity contribution in [2.75, 3.05) is 13.2 Å². The second-order valence-corrected chi connectivity index (χ2v) is 13.5. The van der Waals surface area contributed by atoms with E-state index in [1.807, 2.05) is 0 Å². The van der Waals surface area contributed by atoms with Crippen LogP contribution < -0.4 is 0 Å². The molecule has 2 N–H and O–H groups in total. The largest absolute Gasteiger partial charge is 0.396 e. The molecule has 0 fully saturated rings. The average Bonchev–Trinajstić information content (AvgIpc) is 2.97. The second-order valence-electron chi connectivity index (χ2n) is 13.5. The third-order valence-corrected chi connectivity index (χ3v) is 8.37. The number of aliphatic hydroxyl groups excluding tert-OH is 2. The first-order chi connectivity index (χ1) is 15.0. The minimum Gasteiger partial charge on any atom is -0.396 e. The van der Waals surface area contributed by atoms with E-state index in [4.69, 9.17) is 0 Å². The maximum Gasteiger partial charge on any atom is 0.0436 e. The first kappa shape index (κ1) is 26.0. The van der Waals surface area contributed by atoms with Gasteiger partial charge in [0.2, 0.25) is 0 Å². The molecule has 1 aliphatic carbocycles. The fraction of sp³-hybridized carbons (Fsp3) is 0.613. The summed E-state index contributed by atoms with van der Waals surface area (Å²) in [4.78, 5) is 0. The molecule has 0 atom stereocenters. The highest BCUT2D eigenvalue weighted by Gasteiger charge is 2.60. The van der Waals surface area contributed by atoms with Crippen LogP contribution in [-0.4, -0.2) is 23.4 Å². The van der Waals surface area contributed by atoms with Crippen LogP contribution in [0, 0.1) is 10.8 Å². The summed E-state index contributed by atoms with van der Waals surface area (Å²) in [6, 6.07) is 14.1. The third kappa shape index (κ3) is 3.98. The predicted molar refractivity (Wildman–Crippen MR) is 141 cm³/mol. The lowest BCUT2D eigenvalue weighted by atomic mass is 9.47. The van der Waals surface area contributed by atoms with Crippen molar-refractivity contribution in [3.8, 4) is 11.1 Å². The highest BCUT2D eigenvalue weighted by molar-refractivity contribution is 5.83. The van der Waals surface area contributed by atoms with Gasteiger partial charge in [0.05, 0.1) is 0 Å². The van der Waals surface area contributed by atoms with Crippen LogP contribution in [0.25, 0.3) is 11.1 Å². The molecule has 0 bridgehead atoms.